The van der Waals surface area contributed by atoms with E-state index in [0.717, 1.165) is 28.7 Å². The second-order valence-corrected chi connectivity index (χ2v) is 6.20. The van der Waals surface area contributed by atoms with Gasteiger partial charge in [0.1, 0.15) is 0 Å². The van der Waals surface area contributed by atoms with Crippen molar-refractivity contribution in [3.63, 3.8) is 0 Å². The Bertz CT molecular complexity index is 1070. The minimum Gasteiger partial charge on any atom is -0.478 e. The van der Waals surface area contributed by atoms with Gasteiger partial charge in [0.2, 0.25) is 0 Å². The lowest BCUT2D eigenvalue weighted by atomic mass is 9.97. The van der Waals surface area contributed by atoms with Crippen LogP contribution < -0.4 is 5.32 Å². The highest BCUT2D eigenvalue weighted by molar-refractivity contribution is 6.03. The summed E-state index contributed by atoms with van der Waals surface area (Å²) >= 11 is 0. The maximum Gasteiger partial charge on any atom is 0.336 e. The molecule has 2 N–H and O–H groups in total. The van der Waals surface area contributed by atoms with Crippen molar-refractivity contribution in [2.75, 3.05) is 6.54 Å². The number of nitrogens with zero attached hydrogens (tertiary/aromatic N) is 1. The van der Waals surface area contributed by atoms with Crippen LogP contribution in [0.15, 0.2) is 48.7 Å². The number of amides is 1. The van der Waals surface area contributed by atoms with E-state index in [1.807, 2.05) is 48.6 Å². The Morgan fingerprint density at radius 3 is 2.65 bits per heavy atom. The van der Waals surface area contributed by atoms with Crippen LogP contribution >= 0.6 is 0 Å². The molecule has 2 heterocycles. The van der Waals surface area contributed by atoms with E-state index in [9.17, 15) is 14.7 Å². The normalized spacial score (nSPS) is 13.6. The summed E-state index contributed by atoms with van der Waals surface area (Å²) in [7, 11) is 0. The molecule has 0 saturated heterocycles. The second-order valence-electron chi connectivity index (χ2n) is 6.20. The molecule has 1 aromatic heterocycles. The average Bonchev–Trinajstić information content (AvgIpc) is 2.65. The number of hydrogen-bond acceptors (Lipinski definition) is 3. The number of carboxylic acid groups (broad SMARTS) is 1. The molecule has 0 fully saturated rings. The van der Waals surface area contributed by atoms with Gasteiger partial charge in [-0.05, 0) is 47.4 Å². The Balaban J connectivity index is 1.68. The second kappa shape index (κ2) is 6.44. The Labute approximate surface area is 150 Å². The third-order valence-corrected chi connectivity index (χ3v) is 4.52. The van der Waals surface area contributed by atoms with Gasteiger partial charge in [-0.2, -0.15) is 0 Å². The SMILES string of the molecule is O=C1NCCc2cc(/C=C/c3ccc4nccc(C(=O)O)c4c3)ccc21. The number of fused-ring (bicyclic) bond motifs is 2. The summed E-state index contributed by atoms with van der Waals surface area (Å²) in [5, 5.41) is 12.8. The molecule has 2 aromatic carbocycles. The van der Waals surface area contributed by atoms with E-state index in [2.05, 4.69) is 10.3 Å². The first-order valence-electron chi connectivity index (χ1n) is 8.33. The smallest absolute Gasteiger partial charge is 0.336 e. The number of pyridine rings is 1. The lowest BCUT2D eigenvalue weighted by Crippen LogP contribution is -2.31. The summed E-state index contributed by atoms with van der Waals surface area (Å²) < 4.78 is 0. The standard InChI is InChI=1S/C21H16N2O3/c24-20-16-5-3-13(11-15(16)7-9-23-20)1-2-14-4-6-19-18(12-14)17(21(25)26)8-10-22-19/h1-6,8,10-12H,7,9H2,(H,23,24)(H,25,26)/b2-1+. The van der Waals surface area contributed by atoms with Crippen molar-refractivity contribution in [1.29, 1.82) is 0 Å². The van der Waals surface area contributed by atoms with Crippen molar-refractivity contribution in [2.24, 2.45) is 0 Å². The van der Waals surface area contributed by atoms with Crippen molar-refractivity contribution in [1.82, 2.24) is 10.3 Å². The largest absolute Gasteiger partial charge is 0.478 e. The molecule has 5 nitrogen and oxygen atoms in total. The predicted octanol–water partition coefficient (Wildman–Crippen LogP) is 3.39. The third kappa shape index (κ3) is 2.95. The molecule has 26 heavy (non-hydrogen) atoms. The zero-order valence-electron chi connectivity index (χ0n) is 13.9. The molecule has 0 atom stereocenters. The van der Waals surface area contributed by atoms with Crippen LogP contribution in [0.3, 0.4) is 0 Å². The van der Waals surface area contributed by atoms with Gasteiger partial charge in [-0.3, -0.25) is 9.78 Å². The molecule has 3 aromatic rings. The summed E-state index contributed by atoms with van der Waals surface area (Å²) in [6.45, 7) is 0.661. The number of aromatic nitrogens is 1. The molecular formula is C21H16N2O3. The number of hydrogen-bond donors (Lipinski definition) is 2. The summed E-state index contributed by atoms with van der Waals surface area (Å²) in [6, 6.07) is 12.8. The maximum absolute atomic E-state index is 11.8. The van der Waals surface area contributed by atoms with Crippen molar-refractivity contribution in [2.45, 2.75) is 6.42 Å². The Morgan fingerprint density at radius 2 is 1.85 bits per heavy atom. The van der Waals surface area contributed by atoms with Crippen LogP contribution in [0.4, 0.5) is 0 Å². The fourth-order valence-corrected chi connectivity index (χ4v) is 3.20. The molecule has 0 saturated carbocycles. The number of rotatable bonds is 3. The molecule has 0 bridgehead atoms. The van der Waals surface area contributed by atoms with Crippen LogP contribution in [-0.4, -0.2) is 28.5 Å². The van der Waals surface area contributed by atoms with Gasteiger partial charge in [0.25, 0.3) is 5.91 Å². The minimum absolute atomic E-state index is 0.0231. The van der Waals surface area contributed by atoms with Gasteiger partial charge in [-0.15, -0.1) is 0 Å². The topological polar surface area (TPSA) is 79.3 Å². The molecule has 0 unspecified atom stereocenters. The molecule has 1 amide bonds. The number of nitrogens with one attached hydrogen (secondary N) is 1. The lowest BCUT2D eigenvalue weighted by Gasteiger charge is -2.16. The van der Waals surface area contributed by atoms with E-state index < -0.39 is 5.97 Å². The van der Waals surface area contributed by atoms with Gasteiger partial charge in [0, 0.05) is 23.7 Å². The van der Waals surface area contributed by atoms with Crippen molar-refractivity contribution in [3.05, 3.63) is 76.5 Å². The van der Waals surface area contributed by atoms with E-state index in [0.29, 0.717) is 17.4 Å². The third-order valence-electron chi connectivity index (χ3n) is 4.52. The van der Waals surface area contributed by atoms with E-state index >= 15 is 0 Å². The summed E-state index contributed by atoms with van der Waals surface area (Å²) in [5.41, 5.74) is 4.57. The van der Waals surface area contributed by atoms with Crippen LogP contribution in [0.1, 0.15) is 37.4 Å². The number of carbonyl (C=O) groups excluding carboxylic acids is 1. The maximum atomic E-state index is 11.8. The Morgan fingerprint density at radius 1 is 1.08 bits per heavy atom. The van der Waals surface area contributed by atoms with E-state index in [-0.39, 0.29) is 11.5 Å². The van der Waals surface area contributed by atoms with Crippen molar-refractivity contribution >= 4 is 34.9 Å². The molecule has 0 aliphatic carbocycles. The molecule has 5 heteroatoms. The molecule has 1 aliphatic heterocycles. The zero-order valence-corrected chi connectivity index (χ0v) is 13.9. The number of carbonyl (C=O) groups is 2. The fourth-order valence-electron chi connectivity index (χ4n) is 3.20. The molecule has 1 aliphatic rings. The summed E-state index contributed by atoms with van der Waals surface area (Å²) in [5.74, 6) is -0.989. The molecule has 0 spiro atoms. The predicted molar refractivity (Wildman–Crippen MR) is 100 cm³/mol. The molecule has 4 rings (SSSR count). The van der Waals surface area contributed by atoms with Gasteiger partial charge in [0.05, 0.1) is 11.1 Å². The van der Waals surface area contributed by atoms with Crippen molar-refractivity contribution in [3.8, 4) is 0 Å². The number of benzene rings is 2. The van der Waals surface area contributed by atoms with Crippen LogP contribution in [-0.2, 0) is 6.42 Å². The van der Waals surface area contributed by atoms with E-state index in [1.165, 1.54) is 12.3 Å². The highest BCUT2D eigenvalue weighted by Crippen LogP contribution is 2.21. The summed E-state index contributed by atoms with van der Waals surface area (Å²) in [6.07, 6.45) is 6.23. The van der Waals surface area contributed by atoms with Gasteiger partial charge >= 0.3 is 5.97 Å². The minimum atomic E-state index is -0.966. The Kier molecular flexibility index (Phi) is 3.97. The first-order valence-corrected chi connectivity index (χ1v) is 8.33. The first kappa shape index (κ1) is 16.0. The van der Waals surface area contributed by atoms with Gasteiger partial charge in [0.15, 0.2) is 0 Å². The quantitative estimate of drug-likeness (QED) is 0.714. The lowest BCUT2D eigenvalue weighted by molar-refractivity contribution is 0.0698. The highest BCUT2D eigenvalue weighted by atomic mass is 16.4. The number of aromatic carboxylic acids is 1. The molecule has 0 radical (unpaired) electrons. The number of carboxylic acids is 1. The van der Waals surface area contributed by atoms with Gasteiger partial charge < -0.3 is 10.4 Å². The van der Waals surface area contributed by atoms with E-state index in [1.54, 1.807) is 0 Å². The first-order chi connectivity index (χ1) is 12.6. The van der Waals surface area contributed by atoms with Gasteiger partial charge in [-0.25, -0.2) is 4.79 Å². The van der Waals surface area contributed by atoms with Crippen LogP contribution in [0, 0.1) is 0 Å². The van der Waals surface area contributed by atoms with Crippen LogP contribution in [0.25, 0.3) is 23.1 Å². The van der Waals surface area contributed by atoms with Crippen LogP contribution in [0.2, 0.25) is 0 Å². The van der Waals surface area contributed by atoms with E-state index in [4.69, 9.17) is 0 Å². The fraction of sp³-hybridized carbons (Fsp3) is 0.0952. The summed E-state index contributed by atoms with van der Waals surface area (Å²) in [4.78, 5) is 27.4. The van der Waals surface area contributed by atoms with Crippen molar-refractivity contribution < 1.29 is 14.7 Å². The average molecular weight is 344 g/mol. The monoisotopic (exact) mass is 344 g/mol. The molecular weight excluding hydrogens is 328 g/mol. The highest BCUT2D eigenvalue weighted by Gasteiger charge is 2.15. The Hall–Kier alpha value is -3.47. The zero-order chi connectivity index (χ0) is 18.1. The molecule has 128 valence electrons. The van der Waals surface area contributed by atoms with Gasteiger partial charge in [-0.1, -0.05) is 30.4 Å². The van der Waals surface area contributed by atoms with Crippen LogP contribution in [0.5, 0.6) is 0 Å².